The normalized spacial score (nSPS) is 23.0. The number of aryl methyl sites for hydroxylation is 1. The van der Waals surface area contributed by atoms with Gasteiger partial charge in [0.1, 0.15) is 5.69 Å². The van der Waals surface area contributed by atoms with Crippen LogP contribution >= 0.6 is 0 Å². The van der Waals surface area contributed by atoms with Gasteiger partial charge in [-0.3, -0.25) is 9.48 Å². The van der Waals surface area contributed by atoms with Crippen LogP contribution in [-0.2, 0) is 22.7 Å². The summed E-state index contributed by atoms with van der Waals surface area (Å²) in [5.41, 5.74) is 0.855. The summed E-state index contributed by atoms with van der Waals surface area (Å²) < 4.78 is 7.61. The Morgan fingerprint density at radius 3 is 3.00 bits per heavy atom. The molecule has 1 unspecified atom stereocenters. The highest BCUT2D eigenvalue weighted by atomic mass is 16.5. The molecule has 2 aliphatic rings. The maximum absolute atomic E-state index is 11.9. The van der Waals surface area contributed by atoms with Gasteiger partial charge in [-0.05, 0) is 26.2 Å². The minimum atomic E-state index is 0.148. The van der Waals surface area contributed by atoms with Crippen molar-refractivity contribution >= 4 is 5.91 Å². The molecule has 2 heterocycles. The molecule has 3 rings (SSSR count). The molecule has 6 heteroatoms. The first-order chi connectivity index (χ1) is 9.26. The van der Waals surface area contributed by atoms with Crippen LogP contribution in [0.3, 0.4) is 0 Å². The Kier molecular flexibility index (Phi) is 3.50. The van der Waals surface area contributed by atoms with Crippen molar-refractivity contribution < 1.29 is 9.53 Å². The highest BCUT2D eigenvalue weighted by Gasteiger charge is 2.36. The van der Waals surface area contributed by atoms with Crippen LogP contribution in [0.2, 0.25) is 0 Å². The zero-order valence-corrected chi connectivity index (χ0v) is 11.3. The number of rotatable bonds is 5. The number of hydrogen-bond donors (Lipinski definition) is 0. The lowest BCUT2D eigenvalue weighted by molar-refractivity contribution is -0.132. The second-order valence-corrected chi connectivity index (χ2v) is 5.35. The predicted octanol–water partition coefficient (Wildman–Crippen LogP) is 0.825. The molecular formula is C13H20N4O2. The van der Waals surface area contributed by atoms with Gasteiger partial charge < -0.3 is 9.64 Å². The second-order valence-electron chi connectivity index (χ2n) is 5.35. The number of hydrogen-bond acceptors (Lipinski definition) is 4. The lowest BCUT2D eigenvalue weighted by atomic mass is 10.3. The monoisotopic (exact) mass is 264 g/mol. The van der Waals surface area contributed by atoms with Crippen molar-refractivity contribution in [3.05, 3.63) is 11.9 Å². The molecule has 6 nitrogen and oxygen atoms in total. The highest BCUT2D eigenvalue weighted by molar-refractivity contribution is 5.81. The third-order valence-corrected chi connectivity index (χ3v) is 3.76. The van der Waals surface area contributed by atoms with E-state index < -0.39 is 0 Å². The fourth-order valence-electron chi connectivity index (χ4n) is 2.42. The average molecular weight is 264 g/mol. The van der Waals surface area contributed by atoms with Crippen molar-refractivity contribution in [2.75, 3.05) is 13.1 Å². The van der Waals surface area contributed by atoms with Crippen molar-refractivity contribution in [2.24, 2.45) is 5.92 Å². The Bertz CT molecular complexity index is 455. The van der Waals surface area contributed by atoms with E-state index >= 15 is 0 Å². The number of aromatic nitrogens is 3. The molecule has 1 aliphatic carbocycles. The summed E-state index contributed by atoms with van der Waals surface area (Å²) >= 11 is 0. The van der Waals surface area contributed by atoms with Crippen molar-refractivity contribution in [2.45, 2.75) is 45.4 Å². The molecule has 1 aromatic rings. The van der Waals surface area contributed by atoms with Gasteiger partial charge in [0.2, 0.25) is 5.91 Å². The van der Waals surface area contributed by atoms with E-state index in [0.717, 1.165) is 44.6 Å². The van der Waals surface area contributed by atoms with E-state index in [9.17, 15) is 4.79 Å². The Morgan fingerprint density at radius 2 is 2.32 bits per heavy atom. The van der Waals surface area contributed by atoms with Crippen molar-refractivity contribution in [3.8, 4) is 0 Å². The minimum Gasteiger partial charge on any atom is -0.370 e. The molecule has 0 bridgehead atoms. The Labute approximate surface area is 112 Å². The summed E-state index contributed by atoms with van der Waals surface area (Å²) in [6.45, 7) is 4.90. The maximum atomic E-state index is 11.9. The van der Waals surface area contributed by atoms with Gasteiger partial charge in [-0.25, -0.2) is 0 Å². The third-order valence-electron chi connectivity index (χ3n) is 3.76. The van der Waals surface area contributed by atoms with Gasteiger partial charge in [0.15, 0.2) is 0 Å². The van der Waals surface area contributed by atoms with Gasteiger partial charge >= 0.3 is 0 Å². The fourth-order valence-corrected chi connectivity index (χ4v) is 2.42. The third kappa shape index (κ3) is 2.94. The minimum absolute atomic E-state index is 0.148. The van der Waals surface area contributed by atoms with Crippen LogP contribution < -0.4 is 0 Å². The zero-order chi connectivity index (χ0) is 13.2. The van der Waals surface area contributed by atoms with Crippen LogP contribution in [0.25, 0.3) is 0 Å². The molecule has 0 N–H and O–H groups in total. The van der Waals surface area contributed by atoms with Gasteiger partial charge in [-0.15, -0.1) is 5.10 Å². The van der Waals surface area contributed by atoms with Crippen LogP contribution in [0.15, 0.2) is 6.20 Å². The molecule has 1 atom stereocenters. The van der Waals surface area contributed by atoms with E-state index in [1.165, 1.54) is 0 Å². The molecule has 0 aromatic carbocycles. The molecule has 104 valence electrons. The smallest absolute Gasteiger partial charge is 0.225 e. The Balaban J connectivity index is 1.45. The summed E-state index contributed by atoms with van der Waals surface area (Å²) in [4.78, 5) is 13.9. The number of amides is 1. The van der Waals surface area contributed by atoms with E-state index in [1.807, 2.05) is 18.0 Å². The molecule has 0 spiro atoms. The molecule has 19 heavy (non-hydrogen) atoms. The Hall–Kier alpha value is -1.43. The van der Waals surface area contributed by atoms with Gasteiger partial charge in [0.05, 0.1) is 18.9 Å². The molecule has 1 aromatic heterocycles. The molecule has 2 fully saturated rings. The van der Waals surface area contributed by atoms with Crippen LogP contribution in [0.5, 0.6) is 0 Å². The summed E-state index contributed by atoms with van der Waals surface area (Å²) in [5.74, 6) is 0.631. The van der Waals surface area contributed by atoms with E-state index in [0.29, 0.717) is 18.4 Å². The summed E-state index contributed by atoms with van der Waals surface area (Å²) in [6.07, 6.45) is 5.12. The quantitative estimate of drug-likeness (QED) is 0.790. The SMILES string of the molecule is CCn1cc(COC2CCN(C(=O)C3CC3)C2)nn1. The van der Waals surface area contributed by atoms with Crippen LogP contribution in [0.4, 0.5) is 0 Å². The number of nitrogens with zero attached hydrogens (tertiary/aromatic N) is 4. The standard InChI is InChI=1S/C13H20N4O2/c1-2-17-7-11(14-15-17)9-19-12-5-6-16(8-12)13(18)10-3-4-10/h7,10,12H,2-6,8-9H2,1H3. The highest BCUT2D eigenvalue weighted by Crippen LogP contribution is 2.32. The Morgan fingerprint density at radius 1 is 1.47 bits per heavy atom. The van der Waals surface area contributed by atoms with E-state index in [-0.39, 0.29) is 6.10 Å². The molecule has 1 saturated carbocycles. The first kappa shape index (κ1) is 12.6. The molecule has 1 saturated heterocycles. The van der Waals surface area contributed by atoms with Crippen molar-refractivity contribution in [1.29, 1.82) is 0 Å². The summed E-state index contributed by atoms with van der Waals surface area (Å²) in [6, 6.07) is 0. The van der Waals surface area contributed by atoms with Crippen molar-refractivity contribution in [3.63, 3.8) is 0 Å². The largest absolute Gasteiger partial charge is 0.370 e. The average Bonchev–Trinajstić information content (AvgIpc) is 3.00. The first-order valence-corrected chi connectivity index (χ1v) is 7.05. The fraction of sp³-hybridized carbons (Fsp3) is 0.769. The summed E-state index contributed by atoms with van der Waals surface area (Å²) in [7, 11) is 0. The second kappa shape index (κ2) is 5.28. The van der Waals surface area contributed by atoms with Gasteiger partial charge in [0.25, 0.3) is 0 Å². The molecule has 1 amide bonds. The molecule has 1 aliphatic heterocycles. The summed E-state index contributed by atoms with van der Waals surface area (Å²) in [5, 5.41) is 8.02. The topological polar surface area (TPSA) is 60.2 Å². The van der Waals surface area contributed by atoms with Crippen molar-refractivity contribution in [1.82, 2.24) is 19.9 Å². The van der Waals surface area contributed by atoms with Crippen LogP contribution in [0, 0.1) is 5.92 Å². The van der Waals surface area contributed by atoms with Gasteiger partial charge in [-0.1, -0.05) is 5.21 Å². The van der Waals surface area contributed by atoms with E-state index in [1.54, 1.807) is 4.68 Å². The lowest BCUT2D eigenvalue weighted by Crippen LogP contribution is -2.31. The maximum Gasteiger partial charge on any atom is 0.225 e. The number of likely N-dealkylation sites (tertiary alicyclic amines) is 1. The number of carbonyl (C=O) groups is 1. The van der Waals surface area contributed by atoms with Gasteiger partial charge in [-0.2, -0.15) is 0 Å². The van der Waals surface area contributed by atoms with Crippen LogP contribution in [0.1, 0.15) is 31.9 Å². The zero-order valence-electron chi connectivity index (χ0n) is 11.3. The lowest BCUT2D eigenvalue weighted by Gasteiger charge is -2.16. The number of ether oxygens (including phenoxy) is 1. The first-order valence-electron chi connectivity index (χ1n) is 7.05. The predicted molar refractivity (Wildman–Crippen MR) is 68.2 cm³/mol. The van der Waals surface area contributed by atoms with Crippen LogP contribution in [-0.4, -0.2) is 45.0 Å². The number of carbonyl (C=O) groups excluding carboxylic acids is 1. The molecule has 0 radical (unpaired) electrons. The van der Waals surface area contributed by atoms with E-state index in [2.05, 4.69) is 10.3 Å². The molecular weight excluding hydrogens is 244 g/mol. The van der Waals surface area contributed by atoms with Gasteiger partial charge in [0, 0.05) is 25.6 Å². The van der Waals surface area contributed by atoms with E-state index in [4.69, 9.17) is 4.74 Å².